The van der Waals surface area contributed by atoms with Gasteiger partial charge < -0.3 is 4.90 Å². The Morgan fingerprint density at radius 3 is 2.17 bits per heavy atom. The minimum atomic E-state index is -3.51. The van der Waals surface area contributed by atoms with E-state index < -0.39 is 10.0 Å². The predicted molar refractivity (Wildman–Crippen MR) is 115 cm³/mol. The molecule has 2 fully saturated rings. The van der Waals surface area contributed by atoms with Gasteiger partial charge in [0, 0.05) is 38.3 Å². The number of rotatable bonds is 4. The van der Waals surface area contributed by atoms with Crippen molar-refractivity contribution in [2.45, 2.75) is 76.9 Å². The fraction of sp³-hybridized carbons (Fsp3) is 0.682. The predicted octanol–water partition coefficient (Wildman–Crippen LogP) is 2.79. The zero-order chi connectivity index (χ0) is 21.3. The zero-order valence-electron chi connectivity index (χ0n) is 18.4. The number of piperazine rings is 1. The van der Waals surface area contributed by atoms with Gasteiger partial charge in [-0.25, -0.2) is 8.42 Å². The molecule has 29 heavy (non-hydrogen) atoms. The van der Waals surface area contributed by atoms with E-state index in [9.17, 15) is 13.2 Å². The highest BCUT2D eigenvalue weighted by atomic mass is 32.2. The van der Waals surface area contributed by atoms with Crippen LogP contribution >= 0.6 is 0 Å². The molecule has 6 nitrogen and oxygen atoms in total. The van der Waals surface area contributed by atoms with Crippen LogP contribution < -0.4 is 0 Å². The molecule has 2 saturated heterocycles. The quantitative estimate of drug-likeness (QED) is 0.750. The average molecular weight is 422 g/mol. The number of benzene rings is 1. The molecule has 7 heteroatoms. The van der Waals surface area contributed by atoms with Crippen LogP contribution in [0.4, 0.5) is 0 Å². The minimum absolute atomic E-state index is 0.176. The third-order valence-electron chi connectivity index (χ3n) is 6.57. The Hall–Kier alpha value is -1.44. The smallest absolute Gasteiger partial charge is 0.243 e. The van der Waals surface area contributed by atoms with Gasteiger partial charge in [-0.3, -0.25) is 9.69 Å². The van der Waals surface area contributed by atoms with E-state index in [1.165, 1.54) is 6.42 Å². The third kappa shape index (κ3) is 4.52. The van der Waals surface area contributed by atoms with E-state index >= 15 is 0 Å². The van der Waals surface area contributed by atoms with Crippen LogP contribution in [-0.2, 0) is 14.8 Å². The van der Waals surface area contributed by atoms with Gasteiger partial charge in [-0.2, -0.15) is 4.31 Å². The summed E-state index contributed by atoms with van der Waals surface area (Å²) in [7, 11) is -3.51. The molecule has 2 aliphatic rings. The highest BCUT2D eigenvalue weighted by molar-refractivity contribution is 7.89. The number of piperidine rings is 1. The molecule has 2 heterocycles. The summed E-state index contributed by atoms with van der Waals surface area (Å²) in [6.45, 7) is 12.0. The van der Waals surface area contributed by atoms with Crippen molar-refractivity contribution in [1.29, 1.82) is 0 Å². The van der Waals surface area contributed by atoms with Gasteiger partial charge in [0.1, 0.15) is 0 Å². The summed E-state index contributed by atoms with van der Waals surface area (Å²) in [5, 5.41) is 0. The standard InChI is InChI=1S/C22H35N3O3S/c1-16-9-10-21(17(2)15-16)29(27,28)24-13-11-23(12-14-24)20(5)22(26)25-18(3)7-6-8-19(25)4/h9-10,15,18-20H,6-8,11-14H2,1-5H3/t18-,19-,20-/m0/s1. The largest absolute Gasteiger partial charge is 0.336 e. The van der Waals surface area contributed by atoms with E-state index in [2.05, 4.69) is 18.7 Å². The maximum Gasteiger partial charge on any atom is 0.243 e. The Labute approximate surface area is 175 Å². The Morgan fingerprint density at radius 2 is 1.62 bits per heavy atom. The van der Waals surface area contributed by atoms with Gasteiger partial charge in [0.15, 0.2) is 0 Å². The summed E-state index contributed by atoms with van der Waals surface area (Å²) in [6.07, 6.45) is 3.30. The number of aryl methyl sites for hydroxylation is 2. The topological polar surface area (TPSA) is 60.9 Å². The van der Waals surface area contributed by atoms with Crippen LogP contribution in [0.2, 0.25) is 0 Å². The third-order valence-corrected chi connectivity index (χ3v) is 8.63. The van der Waals surface area contributed by atoms with Crippen molar-refractivity contribution in [2.24, 2.45) is 0 Å². The molecule has 162 valence electrons. The molecule has 0 bridgehead atoms. The molecule has 3 rings (SSSR count). The molecular weight excluding hydrogens is 386 g/mol. The van der Waals surface area contributed by atoms with Crippen LogP contribution in [0.3, 0.4) is 0 Å². The van der Waals surface area contributed by atoms with Crippen molar-refractivity contribution < 1.29 is 13.2 Å². The Kier molecular flexibility index (Phi) is 6.70. The van der Waals surface area contributed by atoms with Crippen molar-refractivity contribution >= 4 is 15.9 Å². The summed E-state index contributed by atoms with van der Waals surface area (Å²) < 4.78 is 27.8. The molecule has 0 N–H and O–H groups in total. The molecule has 1 aromatic rings. The molecular formula is C22H35N3O3S. The number of likely N-dealkylation sites (tertiary alicyclic amines) is 1. The first-order valence-electron chi connectivity index (χ1n) is 10.8. The SMILES string of the molecule is Cc1ccc(S(=O)(=O)N2CCN([C@@H](C)C(=O)N3[C@@H](C)CCC[C@@H]3C)CC2)c(C)c1. The first kappa shape index (κ1) is 22.2. The van der Waals surface area contributed by atoms with Crippen molar-refractivity contribution in [3.63, 3.8) is 0 Å². The fourth-order valence-electron chi connectivity index (χ4n) is 4.79. The van der Waals surface area contributed by atoms with Crippen LogP contribution in [0, 0.1) is 13.8 Å². The lowest BCUT2D eigenvalue weighted by atomic mass is 9.96. The number of amides is 1. The van der Waals surface area contributed by atoms with Gasteiger partial charge in [-0.1, -0.05) is 17.7 Å². The number of nitrogens with zero attached hydrogens (tertiary/aromatic N) is 3. The molecule has 0 aromatic heterocycles. The fourth-order valence-corrected chi connectivity index (χ4v) is 6.41. The lowest BCUT2D eigenvalue weighted by Gasteiger charge is -2.43. The van der Waals surface area contributed by atoms with Crippen LogP contribution in [0.25, 0.3) is 0 Å². The van der Waals surface area contributed by atoms with Crippen LogP contribution in [0.5, 0.6) is 0 Å². The van der Waals surface area contributed by atoms with Crippen molar-refractivity contribution in [1.82, 2.24) is 14.1 Å². The van der Waals surface area contributed by atoms with E-state index in [0.29, 0.717) is 31.1 Å². The number of carbonyl (C=O) groups is 1. The molecule has 0 aliphatic carbocycles. The molecule has 0 spiro atoms. The molecule has 1 aromatic carbocycles. The van der Waals surface area contributed by atoms with Crippen molar-refractivity contribution in [3.05, 3.63) is 29.3 Å². The summed E-state index contributed by atoms with van der Waals surface area (Å²) in [6, 6.07) is 5.80. The van der Waals surface area contributed by atoms with E-state index in [0.717, 1.165) is 24.0 Å². The summed E-state index contributed by atoms with van der Waals surface area (Å²) in [4.78, 5) is 17.7. The second-order valence-electron chi connectivity index (χ2n) is 8.76. The Bertz CT molecular complexity index is 837. The van der Waals surface area contributed by atoms with Crippen LogP contribution in [-0.4, -0.2) is 72.7 Å². The summed E-state index contributed by atoms with van der Waals surface area (Å²) >= 11 is 0. The molecule has 0 unspecified atom stereocenters. The van der Waals surface area contributed by atoms with Gasteiger partial charge in [0.2, 0.25) is 15.9 Å². The maximum atomic E-state index is 13.1. The maximum absolute atomic E-state index is 13.1. The van der Waals surface area contributed by atoms with Crippen molar-refractivity contribution in [3.8, 4) is 0 Å². The minimum Gasteiger partial charge on any atom is -0.336 e. The Balaban J connectivity index is 1.66. The second kappa shape index (κ2) is 8.74. The molecule has 2 aliphatic heterocycles. The first-order valence-corrected chi connectivity index (χ1v) is 12.2. The van der Waals surface area contributed by atoms with E-state index in [-0.39, 0.29) is 24.0 Å². The number of hydrogen-bond acceptors (Lipinski definition) is 4. The van der Waals surface area contributed by atoms with Crippen LogP contribution in [0.15, 0.2) is 23.1 Å². The van der Waals surface area contributed by atoms with E-state index in [1.54, 1.807) is 10.4 Å². The molecule has 0 radical (unpaired) electrons. The van der Waals surface area contributed by atoms with E-state index in [1.807, 2.05) is 37.8 Å². The molecule has 0 saturated carbocycles. The Morgan fingerprint density at radius 1 is 1.03 bits per heavy atom. The monoisotopic (exact) mass is 421 g/mol. The molecule has 1 amide bonds. The van der Waals surface area contributed by atoms with Gasteiger partial charge in [0.25, 0.3) is 0 Å². The highest BCUT2D eigenvalue weighted by Crippen LogP contribution is 2.26. The van der Waals surface area contributed by atoms with Crippen LogP contribution in [0.1, 0.15) is 51.2 Å². The lowest BCUT2D eigenvalue weighted by Crippen LogP contribution is -2.58. The second-order valence-corrected chi connectivity index (χ2v) is 10.7. The summed E-state index contributed by atoms with van der Waals surface area (Å²) in [5.41, 5.74) is 1.84. The first-order chi connectivity index (χ1) is 13.6. The van der Waals surface area contributed by atoms with Crippen molar-refractivity contribution in [2.75, 3.05) is 26.2 Å². The normalized spacial score (nSPS) is 25.8. The van der Waals surface area contributed by atoms with Gasteiger partial charge in [-0.05, 0) is 65.5 Å². The van der Waals surface area contributed by atoms with Gasteiger partial charge >= 0.3 is 0 Å². The highest BCUT2D eigenvalue weighted by Gasteiger charge is 2.36. The lowest BCUT2D eigenvalue weighted by molar-refractivity contribution is -0.143. The number of hydrogen-bond donors (Lipinski definition) is 0. The zero-order valence-corrected chi connectivity index (χ0v) is 19.2. The van der Waals surface area contributed by atoms with Gasteiger partial charge in [0.05, 0.1) is 10.9 Å². The average Bonchev–Trinajstić information content (AvgIpc) is 2.67. The van der Waals surface area contributed by atoms with E-state index in [4.69, 9.17) is 0 Å². The summed E-state index contributed by atoms with van der Waals surface area (Å²) in [5.74, 6) is 0.176. The number of carbonyl (C=O) groups excluding carboxylic acids is 1. The molecule has 3 atom stereocenters. The number of sulfonamides is 1. The van der Waals surface area contributed by atoms with Gasteiger partial charge in [-0.15, -0.1) is 0 Å².